The van der Waals surface area contributed by atoms with Gasteiger partial charge in [0.05, 0.1) is 11.1 Å². The van der Waals surface area contributed by atoms with E-state index in [2.05, 4.69) is 29.7 Å². The van der Waals surface area contributed by atoms with Crippen molar-refractivity contribution in [3.05, 3.63) is 63.0 Å². The average molecular weight is 760 g/mol. The topological polar surface area (TPSA) is 102 Å². The van der Waals surface area contributed by atoms with Gasteiger partial charge in [-0.2, -0.15) is 13.2 Å². The number of carbonyl (C=O) groups is 4. The van der Waals surface area contributed by atoms with Crippen LogP contribution in [0.25, 0.3) is 0 Å². The summed E-state index contributed by atoms with van der Waals surface area (Å²) in [7, 11) is 1.44. The van der Waals surface area contributed by atoms with Gasteiger partial charge in [-0.1, -0.05) is 13.8 Å². The Bertz CT molecular complexity index is 1510. The molecule has 3 saturated heterocycles. The minimum atomic E-state index is -4.78. The Hall–Kier alpha value is -3.27. The van der Waals surface area contributed by atoms with E-state index >= 15 is 0 Å². The van der Waals surface area contributed by atoms with E-state index in [0.29, 0.717) is 27.8 Å². The van der Waals surface area contributed by atoms with Crippen molar-refractivity contribution in [3.8, 4) is 0 Å². The number of urea groups is 1. The number of rotatable bonds is 8. The molecule has 3 fully saturated rings. The number of likely N-dealkylation sites (N-methyl/N-ethyl adjacent to an activating group) is 1. The van der Waals surface area contributed by atoms with E-state index in [4.69, 9.17) is 0 Å². The number of anilines is 1. The first-order chi connectivity index (χ1) is 21.7. The van der Waals surface area contributed by atoms with Crippen LogP contribution in [0.3, 0.4) is 0 Å². The van der Waals surface area contributed by atoms with Crippen molar-refractivity contribution in [1.29, 1.82) is 0 Å². The van der Waals surface area contributed by atoms with Crippen LogP contribution in [0.1, 0.15) is 49.5 Å². The molecule has 0 aromatic heterocycles. The van der Waals surface area contributed by atoms with Crippen molar-refractivity contribution < 1.29 is 36.7 Å². The van der Waals surface area contributed by atoms with Crippen LogP contribution >= 0.6 is 19.8 Å². The van der Waals surface area contributed by atoms with Crippen LogP contribution in [0.15, 0.2) is 42.5 Å². The van der Waals surface area contributed by atoms with Crippen molar-refractivity contribution in [1.82, 2.24) is 20.4 Å². The number of piperidine rings is 1. The summed E-state index contributed by atoms with van der Waals surface area (Å²) in [5.74, 6) is -3.63. The van der Waals surface area contributed by atoms with Gasteiger partial charge in [-0.3, -0.25) is 4.79 Å². The average Bonchev–Trinajstić information content (AvgIpc) is 3.17. The van der Waals surface area contributed by atoms with Gasteiger partial charge >= 0.3 is 196 Å². The predicted octanol–water partition coefficient (Wildman–Crippen LogP) is 4.73. The van der Waals surface area contributed by atoms with Gasteiger partial charge in [-0.15, -0.1) is 0 Å². The molecule has 2 N–H and O–H groups in total. The molecule has 2 aromatic carbocycles. The summed E-state index contributed by atoms with van der Waals surface area (Å²) in [6.45, 7) is 7.79. The van der Waals surface area contributed by atoms with Crippen LogP contribution in [0.4, 0.5) is 28.0 Å². The molecule has 3 aliphatic rings. The fraction of sp³-hybridized carbons (Fsp3) is 0.500. The van der Waals surface area contributed by atoms with Gasteiger partial charge in [-0.25, -0.2) is 4.39 Å². The molecule has 14 heteroatoms. The SMILES string of the molecule is CCI(c1ccc(N2C(=O)N(C)C(=O)C23CCN(C(=O)[C@H](NC(=O)c2cc(C(F)(F)F)ccc2F)C(C)C)CC3)cc1)C1CNC1. The van der Waals surface area contributed by atoms with E-state index in [-0.39, 0.29) is 31.8 Å². The fourth-order valence-electron chi connectivity index (χ4n) is 6.27. The molecule has 1 atom stereocenters. The first-order valence-corrected chi connectivity index (χ1v) is 19.1. The zero-order chi connectivity index (χ0) is 33.6. The number of hydrogen-bond donors (Lipinski definition) is 2. The minimum absolute atomic E-state index is 0.0949. The molecule has 5 rings (SSSR count). The Labute approximate surface area is 272 Å². The van der Waals surface area contributed by atoms with Gasteiger partial charge < -0.3 is 0 Å². The summed E-state index contributed by atoms with van der Waals surface area (Å²) in [5.41, 5.74) is -2.58. The molecule has 0 radical (unpaired) electrons. The molecule has 9 nitrogen and oxygen atoms in total. The van der Waals surface area contributed by atoms with Crippen LogP contribution in [0.2, 0.25) is 0 Å². The van der Waals surface area contributed by atoms with Crippen molar-refractivity contribution >= 4 is 49.3 Å². The van der Waals surface area contributed by atoms with Crippen LogP contribution in [-0.2, 0) is 15.8 Å². The molecule has 1 spiro atoms. The van der Waals surface area contributed by atoms with Crippen molar-refractivity contribution in [2.45, 2.75) is 55.3 Å². The number of likely N-dealkylation sites (tertiary alicyclic amines) is 1. The van der Waals surface area contributed by atoms with Crippen molar-refractivity contribution in [2.24, 2.45) is 5.92 Å². The van der Waals surface area contributed by atoms with E-state index in [1.54, 1.807) is 13.8 Å². The Morgan fingerprint density at radius 1 is 1.07 bits per heavy atom. The van der Waals surface area contributed by atoms with Crippen molar-refractivity contribution in [2.75, 3.05) is 42.6 Å². The number of nitrogens with zero attached hydrogens (tertiary/aromatic N) is 3. The Kier molecular flexibility index (Phi) is 9.69. The first kappa shape index (κ1) is 34.1. The first-order valence-electron chi connectivity index (χ1n) is 15.2. The maximum absolute atomic E-state index is 14.4. The third kappa shape index (κ3) is 6.21. The summed E-state index contributed by atoms with van der Waals surface area (Å²) in [6, 6.07) is 7.90. The molecular formula is C32H38F4IN5O4. The molecule has 0 unspecified atom stereocenters. The molecule has 3 heterocycles. The third-order valence-corrected chi connectivity index (χ3v) is 16.0. The number of hydrogen-bond acceptors (Lipinski definition) is 5. The van der Waals surface area contributed by atoms with Gasteiger partial charge in [0.25, 0.3) is 5.91 Å². The zero-order valence-corrected chi connectivity index (χ0v) is 28.2. The van der Waals surface area contributed by atoms with Crippen LogP contribution in [0, 0.1) is 15.3 Å². The zero-order valence-electron chi connectivity index (χ0n) is 26.1. The standard InChI is InChI=1S/C32H38F4IN5O4/c1-5-37(22-17-38-18-22)21-7-9-23(10-8-21)42-30(46)40(4)29(45)31(42)12-14-41(15-13-31)28(44)26(19(2)3)39-27(43)24-16-20(32(34,35)36)6-11-25(24)33/h6-11,16,19,22,26,38H,5,12-15,17-18H2,1-4H3,(H,39,43)/t26-/m1/s1. The van der Waals surface area contributed by atoms with E-state index < -0.39 is 78.3 Å². The molecule has 5 amide bonds. The van der Waals surface area contributed by atoms with Gasteiger partial charge in [0, 0.05) is 0 Å². The summed E-state index contributed by atoms with van der Waals surface area (Å²) in [6.07, 6.45) is -4.48. The normalized spacial score (nSPS) is 19.5. The number of alkyl halides is 5. The van der Waals surface area contributed by atoms with E-state index in [0.717, 1.165) is 22.4 Å². The van der Waals surface area contributed by atoms with E-state index in [1.807, 2.05) is 12.1 Å². The monoisotopic (exact) mass is 759 g/mol. The molecule has 0 saturated carbocycles. The van der Waals surface area contributed by atoms with E-state index in [9.17, 15) is 36.7 Å². The number of halogens is 5. The number of nitrogens with one attached hydrogen (secondary N) is 2. The molecular weight excluding hydrogens is 721 g/mol. The summed E-state index contributed by atoms with van der Waals surface area (Å²) in [4.78, 5) is 57.7. The van der Waals surface area contributed by atoms with Gasteiger partial charge in [0.15, 0.2) is 0 Å². The summed E-state index contributed by atoms with van der Waals surface area (Å²) in [5, 5.41) is 5.77. The van der Waals surface area contributed by atoms with Crippen LogP contribution < -0.4 is 15.5 Å². The number of carbonyl (C=O) groups excluding carboxylic acids is 4. The quantitative estimate of drug-likeness (QED) is 0.176. The number of benzene rings is 2. The Morgan fingerprint density at radius 2 is 1.70 bits per heavy atom. The van der Waals surface area contributed by atoms with E-state index in [1.165, 1.54) is 20.4 Å². The molecule has 3 aliphatic heterocycles. The second-order valence-electron chi connectivity index (χ2n) is 12.1. The maximum atomic E-state index is 14.4. The van der Waals surface area contributed by atoms with Gasteiger partial charge in [0.2, 0.25) is 0 Å². The molecule has 0 aliphatic carbocycles. The van der Waals surface area contributed by atoms with Crippen molar-refractivity contribution in [3.63, 3.8) is 0 Å². The summed E-state index contributed by atoms with van der Waals surface area (Å²) >= 11 is -1.39. The second-order valence-corrected chi connectivity index (χ2v) is 18.9. The summed E-state index contributed by atoms with van der Waals surface area (Å²) < 4.78 is 57.2. The third-order valence-electron chi connectivity index (χ3n) is 9.03. The molecule has 2 aromatic rings. The molecule has 250 valence electrons. The van der Waals surface area contributed by atoms with Crippen LogP contribution in [-0.4, -0.2) is 86.7 Å². The van der Waals surface area contributed by atoms with Gasteiger partial charge in [0.1, 0.15) is 5.82 Å². The van der Waals surface area contributed by atoms with Gasteiger partial charge in [-0.05, 0) is 18.2 Å². The Morgan fingerprint density at radius 3 is 2.22 bits per heavy atom. The predicted molar refractivity (Wildman–Crippen MR) is 173 cm³/mol. The number of amides is 5. The molecule has 46 heavy (non-hydrogen) atoms. The second kappa shape index (κ2) is 13.1. The van der Waals surface area contributed by atoms with Crippen LogP contribution in [0.5, 0.6) is 0 Å². The number of imide groups is 1. The molecule has 0 bridgehead atoms. The Balaban J connectivity index is 1.32. The fourth-order valence-corrected chi connectivity index (χ4v) is 12.4.